The summed E-state index contributed by atoms with van der Waals surface area (Å²) in [7, 11) is 1.62. The van der Waals surface area contributed by atoms with E-state index in [0.29, 0.717) is 28.4 Å². The topological polar surface area (TPSA) is 107 Å². The van der Waals surface area contributed by atoms with Crippen LogP contribution in [0.1, 0.15) is 5.89 Å². The number of hydrogen-bond acceptors (Lipinski definition) is 8. The molecule has 0 bridgehead atoms. The molecule has 23 heavy (non-hydrogen) atoms. The summed E-state index contributed by atoms with van der Waals surface area (Å²) < 4.78 is 12.1. The maximum absolute atomic E-state index is 5.27. The highest BCUT2D eigenvalue weighted by Crippen LogP contribution is 2.23. The van der Waals surface area contributed by atoms with Crippen LogP contribution < -0.4 is 4.74 Å². The number of aromatic amines is 1. The van der Waals surface area contributed by atoms with Crippen molar-refractivity contribution in [3.05, 3.63) is 36.5 Å². The summed E-state index contributed by atoms with van der Waals surface area (Å²) in [6, 6.07) is 7.47. The van der Waals surface area contributed by atoms with Gasteiger partial charge in [0.25, 0.3) is 5.78 Å². The number of nitrogens with one attached hydrogen (secondary N) is 1. The van der Waals surface area contributed by atoms with Gasteiger partial charge in [-0.1, -0.05) is 16.9 Å². The molecule has 0 radical (unpaired) electrons. The third-order valence-electron chi connectivity index (χ3n) is 3.12. The molecule has 0 saturated heterocycles. The van der Waals surface area contributed by atoms with E-state index in [1.54, 1.807) is 18.0 Å². The van der Waals surface area contributed by atoms with Crippen LogP contribution in [0.2, 0.25) is 0 Å². The Bertz CT molecular complexity index is 927. The molecule has 3 heterocycles. The van der Waals surface area contributed by atoms with Gasteiger partial charge in [0.15, 0.2) is 0 Å². The fourth-order valence-corrected chi connectivity index (χ4v) is 2.73. The zero-order valence-corrected chi connectivity index (χ0v) is 12.8. The molecule has 116 valence electrons. The lowest BCUT2D eigenvalue weighted by atomic mass is 10.2. The predicted molar refractivity (Wildman–Crippen MR) is 81.0 cm³/mol. The lowest BCUT2D eigenvalue weighted by Crippen LogP contribution is -1.89. The van der Waals surface area contributed by atoms with Crippen molar-refractivity contribution in [1.82, 2.24) is 34.9 Å². The van der Waals surface area contributed by atoms with Crippen molar-refractivity contribution < 1.29 is 9.26 Å². The third kappa shape index (κ3) is 2.63. The maximum atomic E-state index is 5.27. The molecular formula is C13H11N7O2S. The van der Waals surface area contributed by atoms with Gasteiger partial charge in [-0.25, -0.2) is 0 Å². The van der Waals surface area contributed by atoms with E-state index >= 15 is 0 Å². The Morgan fingerprint density at radius 3 is 2.96 bits per heavy atom. The molecule has 1 N–H and O–H groups in total. The average molecular weight is 329 g/mol. The van der Waals surface area contributed by atoms with E-state index in [-0.39, 0.29) is 0 Å². The van der Waals surface area contributed by atoms with Gasteiger partial charge in [0, 0.05) is 5.56 Å². The van der Waals surface area contributed by atoms with Crippen molar-refractivity contribution in [2.24, 2.45) is 0 Å². The molecule has 0 fully saturated rings. The molecule has 0 unspecified atom stereocenters. The molecule has 0 spiro atoms. The zero-order valence-electron chi connectivity index (χ0n) is 12.0. The molecule has 4 aromatic rings. The number of ether oxygens (including phenoxy) is 1. The minimum absolute atomic E-state index is 0.489. The summed E-state index contributed by atoms with van der Waals surface area (Å²) in [6.07, 6.45) is 1.56. The van der Waals surface area contributed by atoms with Crippen molar-refractivity contribution in [1.29, 1.82) is 0 Å². The van der Waals surface area contributed by atoms with E-state index in [2.05, 4.69) is 30.4 Å². The summed E-state index contributed by atoms with van der Waals surface area (Å²) in [5, 5.41) is 15.6. The first-order valence-corrected chi connectivity index (χ1v) is 7.66. The standard InChI is InChI=1S/C13H11N7O2S/c1-21-9-4-2-8(3-5-9)11-16-10(22-19-11)6-23-13-18-17-12-14-7-15-20(12)13/h2-5,7H,6H2,1H3,(H,14,15,17). The zero-order chi connectivity index (χ0) is 15.6. The fourth-order valence-electron chi connectivity index (χ4n) is 1.99. The SMILES string of the molecule is COc1ccc(-c2noc(CSc3nnc4nc[nH]n34)n2)cc1. The Balaban J connectivity index is 1.48. The molecule has 0 aliphatic rings. The fraction of sp³-hybridized carbons (Fsp3) is 0.154. The van der Waals surface area contributed by atoms with Crippen LogP contribution in [0, 0.1) is 0 Å². The van der Waals surface area contributed by atoms with Gasteiger partial charge >= 0.3 is 0 Å². The summed E-state index contributed by atoms with van der Waals surface area (Å²) in [5.74, 6) is 2.84. The summed E-state index contributed by atoms with van der Waals surface area (Å²) in [6.45, 7) is 0. The second-order valence-corrected chi connectivity index (χ2v) is 5.48. The molecule has 9 nitrogen and oxygen atoms in total. The Labute approximate surface area is 134 Å². The lowest BCUT2D eigenvalue weighted by Gasteiger charge is -1.98. The second-order valence-electron chi connectivity index (χ2n) is 4.53. The average Bonchev–Trinajstić information content (AvgIpc) is 3.30. The Morgan fingerprint density at radius 2 is 2.13 bits per heavy atom. The maximum Gasteiger partial charge on any atom is 0.272 e. The largest absolute Gasteiger partial charge is 0.497 e. The molecule has 0 atom stereocenters. The van der Waals surface area contributed by atoms with Gasteiger partial charge < -0.3 is 9.26 Å². The van der Waals surface area contributed by atoms with Gasteiger partial charge in [0.2, 0.25) is 16.9 Å². The van der Waals surface area contributed by atoms with E-state index < -0.39 is 0 Å². The van der Waals surface area contributed by atoms with Gasteiger partial charge in [-0.3, -0.25) is 5.10 Å². The third-order valence-corrected chi connectivity index (χ3v) is 4.04. The van der Waals surface area contributed by atoms with E-state index in [0.717, 1.165) is 11.3 Å². The highest BCUT2D eigenvalue weighted by molar-refractivity contribution is 7.98. The van der Waals surface area contributed by atoms with Gasteiger partial charge in [0.05, 0.1) is 12.9 Å². The van der Waals surface area contributed by atoms with Crippen LogP contribution in [0.4, 0.5) is 0 Å². The van der Waals surface area contributed by atoms with Crippen LogP contribution in [0.3, 0.4) is 0 Å². The van der Waals surface area contributed by atoms with Crippen molar-refractivity contribution in [2.75, 3.05) is 7.11 Å². The van der Waals surface area contributed by atoms with Crippen LogP contribution in [-0.2, 0) is 5.75 Å². The highest BCUT2D eigenvalue weighted by atomic mass is 32.2. The van der Waals surface area contributed by atoms with Crippen LogP contribution in [-0.4, -0.2) is 42.0 Å². The van der Waals surface area contributed by atoms with Crippen LogP contribution in [0.15, 0.2) is 40.3 Å². The molecule has 1 aromatic carbocycles. The number of H-pyrrole nitrogens is 1. The second kappa shape index (κ2) is 5.72. The number of fused-ring (bicyclic) bond motifs is 1. The first kappa shape index (κ1) is 13.8. The van der Waals surface area contributed by atoms with Gasteiger partial charge in [-0.2, -0.15) is 14.5 Å². The normalized spacial score (nSPS) is 11.2. The number of thioether (sulfide) groups is 1. The van der Waals surface area contributed by atoms with Crippen molar-refractivity contribution in [3.8, 4) is 17.1 Å². The van der Waals surface area contributed by atoms with Gasteiger partial charge in [-0.15, -0.1) is 10.2 Å². The Kier molecular flexibility index (Phi) is 3.42. The monoisotopic (exact) mass is 329 g/mol. The van der Waals surface area contributed by atoms with Crippen molar-refractivity contribution in [3.63, 3.8) is 0 Å². The number of hydrogen-bond donors (Lipinski definition) is 1. The van der Waals surface area contributed by atoms with Crippen molar-refractivity contribution in [2.45, 2.75) is 10.9 Å². The number of nitrogens with zero attached hydrogens (tertiary/aromatic N) is 6. The van der Waals surface area contributed by atoms with Crippen molar-refractivity contribution >= 4 is 17.5 Å². The lowest BCUT2D eigenvalue weighted by molar-refractivity contribution is 0.391. The van der Waals surface area contributed by atoms with Crippen LogP contribution in [0.25, 0.3) is 17.2 Å². The van der Waals surface area contributed by atoms with E-state index in [1.807, 2.05) is 24.3 Å². The van der Waals surface area contributed by atoms with E-state index in [1.165, 1.54) is 11.8 Å². The molecule has 0 amide bonds. The highest BCUT2D eigenvalue weighted by Gasteiger charge is 2.12. The van der Waals surface area contributed by atoms with Gasteiger partial charge in [0.1, 0.15) is 12.1 Å². The number of rotatable bonds is 5. The molecular weight excluding hydrogens is 318 g/mol. The van der Waals surface area contributed by atoms with Gasteiger partial charge in [-0.05, 0) is 24.3 Å². The minimum Gasteiger partial charge on any atom is -0.497 e. The number of benzene rings is 1. The first-order valence-electron chi connectivity index (χ1n) is 6.68. The molecule has 4 rings (SSSR count). The minimum atomic E-state index is 0.489. The van der Waals surface area contributed by atoms with E-state index in [9.17, 15) is 0 Å². The number of aromatic nitrogens is 7. The summed E-state index contributed by atoms with van der Waals surface area (Å²) >= 11 is 1.43. The smallest absolute Gasteiger partial charge is 0.272 e. The molecule has 0 saturated carbocycles. The van der Waals surface area contributed by atoms with Crippen LogP contribution in [0.5, 0.6) is 5.75 Å². The first-order chi connectivity index (χ1) is 11.3. The molecule has 3 aromatic heterocycles. The molecule has 0 aliphatic carbocycles. The summed E-state index contributed by atoms with van der Waals surface area (Å²) in [5.41, 5.74) is 0.865. The predicted octanol–water partition coefficient (Wildman–Crippen LogP) is 1.80. The Morgan fingerprint density at radius 1 is 1.26 bits per heavy atom. The summed E-state index contributed by atoms with van der Waals surface area (Å²) in [4.78, 5) is 8.39. The number of methoxy groups -OCH3 is 1. The quantitative estimate of drug-likeness (QED) is 0.552. The molecule has 0 aliphatic heterocycles. The van der Waals surface area contributed by atoms with Crippen LogP contribution >= 0.6 is 11.8 Å². The van der Waals surface area contributed by atoms with E-state index in [4.69, 9.17) is 9.26 Å². The Hall–Kier alpha value is -2.88. The molecule has 10 heteroatoms.